The molecule has 4 nitrogen and oxygen atoms in total. The first-order chi connectivity index (χ1) is 12.3. The SMILES string of the molecule is C/C(=C\c1ccccc1F)C(=O)N1CC(C)N(CCCN(C)C)C(C)C1. The second kappa shape index (κ2) is 9.28. The van der Waals surface area contributed by atoms with Crippen molar-refractivity contribution in [2.24, 2.45) is 0 Å². The van der Waals surface area contributed by atoms with Crippen LogP contribution in [0.1, 0.15) is 32.8 Å². The normalized spacial score (nSPS) is 22.1. The number of rotatable bonds is 6. The summed E-state index contributed by atoms with van der Waals surface area (Å²) < 4.78 is 13.8. The van der Waals surface area contributed by atoms with Gasteiger partial charge in [0, 0.05) is 42.9 Å². The first-order valence-corrected chi connectivity index (χ1v) is 9.42. The molecule has 5 heteroatoms. The molecule has 26 heavy (non-hydrogen) atoms. The van der Waals surface area contributed by atoms with Crippen molar-refractivity contribution >= 4 is 12.0 Å². The molecule has 1 heterocycles. The van der Waals surface area contributed by atoms with Crippen LogP contribution in [-0.4, -0.2) is 73.0 Å². The van der Waals surface area contributed by atoms with Crippen LogP contribution in [0.2, 0.25) is 0 Å². The second-order valence-corrected chi connectivity index (χ2v) is 7.65. The van der Waals surface area contributed by atoms with Crippen molar-refractivity contribution in [3.63, 3.8) is 0 Å². The van der Waals surface area contributed by atoms with Gasteiger partial charge in [0.1, 0.15) is 5.82 Å². The molecular formula is C21H32FN3O. The van der Waals surface area contributed by atoms with Crippen molar-refractivity contribution in [1.29, 1.82) is 0 Å². The minimum absolute atomic E-state index is 0.0000976. The zero-order valence-corrected chi connectivity index (χ0v) is 16.7. The lowest BCUT2D eigenvalue weighted by atomic mass is 10.1. The summed E-state index contributed by atoms with van der Waals surface area (Å²) in [6, 6.07) is 7.20. The fourth-order valence-electron chi connectivity index (χ4n) is 3.67. The number of nitrogens with zero attached hydrogens (tertiary/aromatic N) is 3. The van der Waals surface area contributed by atoms with E-state index in [2.05, 4.69) is 37.7 Å². The molecule has 0 spiro atoms. The molecule has 1 saturated heterocycles. The minimum Gasteiger partial charge on any atom is -0.336 e. The summed E-state index contributed by atoms with van der Waals surface area (Å²) in [5.74, 6) is -0.299. The monoisotopic (exact) mass is 361 g/mol. The molecule has 1 aromatic rings. The fraction of sp³-hybridized carbons (Fsp3) is 0.571. The van der Waals surface area contributed by atoms with Gasteiger partial charge in [-0.15, -0.1) is 0 Å². The molecule has 0 radical (unpaired) electrons. The van der Waals surface area contributed by atoms with E-state index >= 15 is 0 Å². The van der Waals surface area contributed by atoms with Crippen molar-refractivity contribution in [3.8, 4) is 0 Å². The van der Waals surface area contributed by atoms with Gasteiger partial charge in [0.2, 0.25) is 5.91 Å². The maximum absolute atomic E-state index is 13.8. The molecule has 0 aliphatic carbocycles. The molecule has 2 unspecified atom stereocenters. The molecule has 1 aromatic carbocycles. The average Bonchev–Trinajstić information content (AvgIpc) is 2.58. The quantitative estimate of drug-likeness (QED) is 0.729. The van der Waals surface area contributed by atoms with Gasteiger partial charge in [-0.05, 0) is 60.0 Å². The summed E-state index contributed by atoms with van der Waals surface area (Å²) in [7, 11) is 4.18. The molecule has 0 aromatic heterocycles. The van der Waals surface area contributed by atoms with Crippen molar-refractivity contribution in [1.82, 2.24) is 14.7 Å². The van der Waals surface area contributed by atoms with Gasteiger partial charge in [-0.25, -0.2) is 4.39 Å². The average molecular weight is 362 g/mol. The van der Waals surface area contributed by atoms with Gasteiger partial charge in [-0.3, -0.25) is 9.69 Å². The summed E-state index contributed by atoms with van der Waals surface area (Å²) in [6.07, 6.45) is 2.78. The van der Waals surface area contributed by atoms with Gasteiger partial charge in [0.15, 0.2) is 0 Å². The Bertz CT molecular complexity index is 632. The first kappa shape index (κ1) is 20.6. The Morgan fingerprint density at radius 1 is 1.23 bits per heavy atom. The van der Waals surface area contributed by atoms with Crippen LogP contribution in [0.15, 0.2) is 29.8 Å². The molecule has 2 rings (SSSR count). The third-order valence-corrected chi connectivity index (χ3v) is 5.02. The van der Waals surface area contributed by atoms with E-state index in [1.807, 2.05) is 4.90 Å². The van der Waals surface area contributed by atoms with Crippen LogP contribution >= 0.6 is 0 Å². The minimum atomic E-state index is -0.299. The van der Waals surface area contributed by atoms with Crippen LogP contribution in [-0.2, 0) is 4.79 Å². The molecule has 1 aliphatic heterocycles. The lowest BCUT2D eigenvalue weighted by Gasteiger charge is -2.44. The summed E-state index contributed by atoms with van der Waals surface area (Å²) >= 11 is 0. The Balaban J connectivity index is 2.00. The summed E-state index contributed by atoms with van der Waals surface area (Å²) in [6.45, 7) is 9.69. The number of carbonyl (C=O) groups is 1. The van der Waals surface area contributed by atoms with Crippen molar-refractivity contribution < 1.29 is 9.18 Å². The molecule has 144 valence electrons. The van der Waals surface area contributed by atoms with Gasteiger partial charge in [0.05, 0.1) is 0 Å². The highest BCUT2D eigenvalue weighted by molar-refractivity contribution is 5.97. The third kappa shape index (κ3) is 5.39. The van der Waals surface area contributed by atoms with E-state index in [-0.39, 0.29) is 11.7 Å². The zero-order chi connectivity index (χ0) is 19.3. The van der Waals surface area contributed by atoms with Gasteiger partial charge in [-0.2, -0.15) is 0 Å². The Morgan fingerprint density at radius 3 is 2.42 bits per heavy atom. The Hall–Kier alpha value is -1.72. The van der Waals surface area contributed by atoms with E-state index in [1.165, 1.54) is 6.07 Å². The molecule has 0 saturated carbocycles. The third-order valence-electron chi connectivity index (χ3n) is 5.02. The summed E-state index contributed by atoms with van der Waals surface area (Å²) in [4.78, 5) is 19.4. The van der Waals surface area contributed by atoms with E-state index in [0.29, 0.717) is 36.3 Å². The van der Waals surface area contributed by atoms with Crippen LogP contribution in [0, 0.1) is 5.82 Å². The summed E-state index contributed by atoms with van der Waals surface area (Å²) in [5.41, 5.74) is 1.04. The van der Waals surface area contributed by atoms with Gasteiger partial charge < -0.3 is 9.80 Å². The Kier molecular flexibility index (Phi) is 7.35. The number of piperazine rings is 1. The standard InChI is InChI=1S/C21H32FN3O/c1-16(13-19-9-6-7-10-20(19)22)21(26)24-14-17(2)25(18(3)15-24)12-8-11-23(4)5/h6-7,9-10,13,17-18H,8,11-12,14-15H2,1-5H3/b16-13+. The van der Waals surface area contributed by atoms with Crippen molar-refractivity contribution in [3.05, 3.63) is 41.2 Å². The molecule has 1 aliphatic rings. The largest absolute Gasteiger partial charge is 0.336 e. The maximum Gasteiger partial charge on any atom is 0.249 e. The zero-order valence-electron chi connectivity index (χ0n) is 16.7. The highest BCUT2D eigenvalue weighted by Gasteiger charge is 2.31. The highest BCUT2D eigenvalue weighted by atomic mass is 19.1. The predicted molar refractivity (Wildman–Crippen MR) is 105 cm³/mol. The maximum atomic E-state index is 13.8. The molecule has 0 bridgehead atoms. The second-order valence-electron chi connectivity index (χ2n) is 7.65. The number of carbonyl (C=O) groups excluding carboxylic acids is 1. The molecular weight excluding hydrogens is 329 g/mol. The molecule has 1 amide bonds. The molecule has 0 N–H and O–H groups in total. The Morgan fingerprint density at radius 2 is 1.85 bits per heavy atom. The van der Waals surface area contributed by atoms with Crippen LogP contribution < -0.4 is 0 Å². The smallest absolute Gasteiger partial charge is 0.249 e. The van der Waals surface area contributed by atoms with E-state index in [9.17, 15) is 9.18 Å². The molecule has 1 fully saturated rings. The number of hydrogen-bond donors (Lipinski definition) is 0. The summed E-state index contributed by atoms with van der Waals surface area (Å²) in [5, 5.41) is 0. The van der Waals surface area contributed by atoms with Crippen LogP contribution in [0.25, 0.3) is 6.08 Å². The van der Waals surface area contributed by atoms with Gasteiger partial charge >= 0.3 is 0 Å². The number of halogens is 1. The van der Waals surface area contributed by atoms with Crippen molar-refractivity contribution in [2.45, 2.75) is 39.3 Å². The number of amides is 1. The highest BCUT2D eigenvalue weighted by Crippen LogP contribution is 2.19. The van der Waals surface area contributed by atoms with Gasteiger partial charge in [0.25, 0.3) is 0 Å². The molecule has 2 atom stereocenters. The topological polar surface area (TPSA) is 26.8 Å². The first-order valence-electron chi connectivity index (χ1n) is 9.42. The van der Waals surface area contributed by atoms with Crippen LogP contribution in [0.4, 0.5) is 4.39 Å². The van der Waals surface area contributed by atoms with E-state index < -0.39 is 0 Å². The lowest BCUT2D eigenvalue weighted by Crippen LogP contribution is -2.58. The lowest BCUT2D eigenvalue weighted by molar-refractivity contribution is -0.131. The van der Waals surface area contributed by atoms with E-state index in [1.54, 1.807) is 31.2 Å². The number of benzene rings is 1. The Labute approximate surface area is 157 Å². The van der Waals surface area contributed by atoms with Gasteiger partial charge in [-0.1, -0.05) is 18.2 Å². The number of hydrogen-bond acceptors (Lipinski definition) is 3. The fourth-order valence-corrected chi connectivity index (χ4v) is 3.67. The van der Waals surface area contributed by atoms with E-state index in [4.69, 9.17) is 0 Å². The van der Waals surface area contributed by atoms with Crippen LogP contribution in [0.5, 0.6) is 0 Å². The van der Waals surface area contributed by atoms with Crippen LogP contribution in [0.3, 0.4) is 0 Å². The van der Waals surface area contributed by atoms with E-state index in [0.717, 1.165) is 19.5 Å². The van der Waals surface area contributed by atoms with Crippen molar-refractivity contribution in [2.75, 3.05) is 40.3 Å². The predicted octanol–water partition coefficient (Wildman–Crippen LogP) is 3.10.